The fourth-order valence-electron chi connectivity index (χ4n) is 1.22. The second kappa shape index (κ2) is 6.53. The van der Waals surface area contributed by atoms with Gasteiger partial charge in [-0.25, -0.2) is 0 Å². The van der Waals surface area contributed by atoms with Crippen molar-refractivity contribution in [3.05, 3.63) is 16.9 Å². The van der Waals surface area contributed by atoms with Gasteiger partial charge in [-0.1, -0.05) is 24.9 Å². The van der Waals surface area contributed by atoms with Crippen LogP contribution in [-0.2, 0) is 16.1 Å². The standard InChI is InChI=1S/C11H17ClN2O2/c1-3-4-7-16-11(15)5-6-14-8-10(12)9(2)13-14/h8H,3-7H2,1-2H3. The van der Waals surface area contributed by atoms with Gasteiger partial charge in [0.05, 0.1) is 30.3 Å². The van der Waals surface area contributed by atoms with E-state index >= 15 is 0 Å². The van der Waals surface area contributed by atoms with Crippen molar-refractivity contribution in [3.63, 3.8) is 0 Å². The molecule has 0 fully saturated rings. The molecule has 16 heavy (non-hydrogen) atoms. The van der Waals surface area contributed by atoms with Crippen LogP contribution in [0.25, 0.3) is 0 Å². The SMILES string of the molecule is CCCCOC(=O)CCn1cc(Cl)c(C)n1. The molecule has 1 aromatic rings. The van der Waals surface area contributed by atoms with Gasteiger partial charge in [0.2, 0.25) is 0 Å². The zero-order valence-corrected chi connectivity index (χ0v) is 10.5. The van der Waals surface area contributed by atoms with Gasteiger partial charge in [0.1, 0.15) is 0 Å². The van der Waals surface area contributed by atoms with Crippen LogP contribution in [0.4, 0.5) is 0 Å². The predicted molar refractivity (Wildman–Crippen MR) is 62.5 cm³/mol. The smallest absolute Gasteiger partial charge is 0.307 e. The highest BCUT2D eigenvalue weighted by Gasteiger charge is 2.05. The minimum atomic E-state index is -0.183. The Balaban J connectivity index is 2.26. The van der Waals surface area contributed by atoms with Crippen LogP contribution in [0.2, 0.25) is 5.02 Å². The van der Waals surface area contributed by atoms with Crippen LogP contribution in [0.15, 0.2) is 6.20 Å². The maximum absolute atomic E-state index is 11.3. The minimum absolute atomic E-state index is 0.183. The van der Waals surface area contributed by atoms with Gasteiger partial charge in [-0.2, -0.15) is 5.10 Å². The summed E-state index contributed by atoms with van der Waals surface area (Å²) >= 11 is 5.85. The molecule has 0 N–H and O–H groups in total. The summed E-state index contributed by atoms with van der Waals surface area (Å²) in [5.74, 6) is -0.183. The van der Waals surface area contributed by atoms with Gasteiger partial charge >= 0.3 is 5.97 Å². The van der Waals surface area contributed by atoms with Gasteiger partial charge in [0.15, 0.2) is 0 Å². The maximum atomic E-state index is 11.3. The summed E-state index contributed by atoms with van der Waals surface area (Å²) in [6.07, 6.45) is 4.00. The fraction of sp³-hybridized carbons (Fsp3) is 0.636. The number of esters is 1. The van der Waals surface area contributed by atoms with Crippen LogP contribution >= 0.6 is 11.6 Å². The van der Waals surface area contributed by atoms with Crippen molar-refractivity contribution in [2.45, 2.75) is 39.7 Å². The Hall–Kier alpha value is -1.03. The van der Waals surface area contributed by atoms with E-state index in [1.165, 1.54) is 0 Å². The third-order valence-electron chi connectivity index (χ3n) is 2.19. The first kappa shape index (κ1) is 13.0. The predicted octanol–water partition coefficient (Wildman–Crippen LogP) is 2.58. The summed E-state index contributed by atoms with van der Waals surface area (Å²) in [6, 6.07) is 0. The topological polar surface area (TPSA) is 44.1 Å². The van der Waals surface area contributed by atoms with E-state index in [1.807, 2.05) is 6.92 Å². The number of halogens is 1. The van der Waals surface area contributed by atoms with Crippen LogP contribution in [-0.4, -0.2) is 22.4 Å². The lowest BCUT2D eigenvalue weighted by molar-refractivity contribution is -0.144. The monoisotopic (exact) mass is 244 g/mol. The summed E-state index contributed by atoms with van der Waals surface area (Å²) < 4.78 is 6.69. The molecule has 0 amide bonds. The molecular weight excluding hydrogens is 228 g/mol. The van der Waals surface area contributed by atoms with Crippen LogP contribution in [0, 0.1) is 6.92 Å². The summed E-state index contributed by atoms with van der Waals surface area (Å²) in [5.41, 5.74) is 0.779. The zero-order chi connectivity index (χ0) is 12.0. The van der Waals surface area contributed by atoms with Gasteiger partial charge in [-0.15, -0.1) is 0 Å². The molecule has 90 valence electrons. The number of aryl methyl sites for hydroxylation is 2. The largest absolute Gasteiger partial charge is 0.466 e. The number of aromatic nitrogens is 2. The minimum Gasteiger partial charge on any atom is -0.466 e. The quantitative estimate of drug-likeness (QED) is 0.571. The first-order valence-corrected chi connectivity index (χ1v) is 5.86. The number of unbranched alkanes of at least 4 members (excludes halogenated alkanes) is 1. The molecule has 0 bridgehead atoms. The second-order valence-electron chi connectivity index (χ2n) is 3.65. The van der Waals surface area contributed by atoms with E-state index in [2.05, 4.69) is 12.0 Å². The van der Waals surface area contributed by atoms with E-state index < -0.39 is 0 Å². The Morgan fingerprint density at radius 2 is 2.38 bits per heavy atom. The third kappa shape index (κ3) is 4.23. The molecule has 1 heterocycles. The number of nitrogens with zero attached hydrogens (tertiary/aromatic N) is 2. The van der Waals surface area contributed by atoms with E-state index in [0.717, 1.165) is 18.5 Å². The Labute approximate surface area is 101 Å². The molecule has 0 radical (unpaired) electrons. The summed E-state index contributed by atoms with van der Waals surface area (Å²) in [4.78, 5) is 11.3. The first-order valence-electron chi connectivity index (χ1n) is 5.48. The molecule has 0 aliphatic carbocycles. The second-order valence-corrected chi connectivity index (χ2v) is 4.06. The van der Waals surface area contributed by atoms with Gasteiger partial charge < -0.3 is 4.74 Å². The zero-order valence-electron chi connectivity index (χ0n) is 9.70. The van der Waals surface area contributed by atoms with Crippen molar-refractivity contribution in [2.75, 3.05) is 6.61 Å². The fourth-order valence-corrected chi connectivity index (χ4v) is 1.37. The summed E-state index contributed by atoms with van der Waals surface area (Å²) in [7, 11) is 0. The van der Waals surface area contributed by atoms with Gasteiger partial charge in [-0.3, -0.25) is 9.48 Å². The van der Waals surface area contributed by atoms with E-state index in [0.29, 0.717) is 24.6 Å². The number of hydrogen-bond acceptors (Lipinski definition) is 3. The Morgan fingerprint density at radius 1 is 1.62 bits per heavy atom. The van der Waals surface area contributed by atoms with Gasteiger partial charge in [0, 0.05) is 6.20 Å². The van der Waals surface area contributed by atoms with Crippen molar-refractivity contribution in [1.82, 2.24) is 9.78 Å². The molecule has 0 unspecified atom stereocenters. The number of carbonyl (C=O) groups excluding carboxylic acids is 1. The number of rotatable bonds is 6. The average Bonchev–Trinajstić information content (AvgIpc) is 2.56. The molecular formula is C11H17ClN2O2. The van der Waals surface area contributed by atoms with Crippen molar-refractivity contribution >= 4 is 17.6 Å². The molecule has 0 saturated carbocycles. The van der Waals surface area contributed by atoms with Crippen molar-refractivity contribution in [3.8, 4) is 0 Å². The highest BCUT2D eigenvalue weighted by atomic mass is 35.5. The summed E-state index contributed by atoms with van der Waals surface area (Å²) in [6.45, 7) is 4.91. The lowest BCUT2D eigenvalue weighted by Gasteiger charge is -2.03. The lowest BCUT2D eigenvalue weighted by atomic mass is 10.3. The van der Waals surface area contributed by atoms with Crippen molar-refractivity contribution in [1.29, 1.82) is 0 Å². The summed E-state index contributed by atoms with van der Waals surface area (Å²) in [5, 5.41) is 4.78. The Kier molecular flexibility index (Phi) is 5.32. The third-order valence-corrected chi connectivity index (χ3v) is 2.56. The van der Waals surface area contributed by atoms with Crippen LogP contribution in [0.3, 0.4) is 0 Å². The van der Waals surface area contributed by atoms with Crippen LogP contribution in [0.5, 0.6) is 0 Å². The Morgan fingerprint density at radius 3 is 2.94 bits per heavy atom. The van der Waals surface area contributed by atoms with E-state index in [1.54, 1.807) is 10.9 Å². The average molecular weight is 245 g/mol. The van der Waals surface area contributed by atoms with E-state index in [4.69, 9.17) is 16.3 Å². The van der Waals surface area contributed by atoms with Crippen molar-refractivity contribution in [2.24, 2.45) is 0 Å². The molecule has 0 aliphatic rings. The van der Waals surface area contributed by atoms with Crippen molar-refractivity contribution < 1.29 is 9.53 Å². The van der Waals surface area contributed by atoms with Crippen LogP contribution < -0.4 is 0 Å². The van der Waals surface area contributed by atoms with E-state index in [9.17, 15) is 4.79 Å². The molecule has 1 rings (SSSR count). The molecule has 1 aromatic heterocycles. The van der Waals surface area contributed by atoms with Crippen LogP contribution in [0.1, 0.15) is 31.9 Å². The molecule has 5 heteroatoms. The molecule has 0 aliphatic heterocycles. The molecule has 0 atom stereocenters. The highest BCUT2D eigenvalue weighted by Crippen LogP contribution is 2.12. The molecule has 4 nitrogen and oxygen atoms in total. The molecule has 0 spiro atoms. The Bertz CT molecular complexity index is 330. The molecule has 0 saturated heterocycles. The number of carbonyl (C=O) groups is 1. The number of ether oxygens (including phenoxy) is 1. The molecule has 0 aromatic carbocycles. The van der Waals surface area contributed by atoms with E-state index in [-0.39, 0.29) is 5.97 Å². The normalized spacial score (nSPS) is 10.4. The maximum Gasteiger partial charge on any atom is 0.307 e. The highest BCUT2D eigenvalue weighted by molar-refractivity contribution is 6.31. The lowest BCUT2D eigenvalue weighted by Crippen LogP contribution is -2.10. The number of hydrogen-bond donors (Lipinski definition) is 0. The van der Waals surface area contributed by atoms with Gasteiger partial charge in [-0.05, 0) is 13.3 Å². The first-order chi connectivity index (χ1) is 7.63. The van der Waals surface area contributed by atoms with Gasteiger partial charge in [0.25, 0.3) is 0 Å².